The minimum atomic E-state index is 0.170. The molecular formula is C22H28N4O2. The third-order valence-corrected chi connectivity index (χ3v) is 6.47. The van der Waals surface area contributed by atoms with Gasteiger partial charge in [-0.1, -0.05) is 24.3 Å². The zero-order valence-corrected chi connectivity index (χ0v) is 16.3. The Morgan fingerprint density at radius 1 is 1.04 bits per heavy atom. The first kappa shape index (κ1) is 17.7. The number of oxazole rings is 1. The number of hydrogen-bond donors (Lipinski definition) is 0. The molecule has 28 heavy (non-hydrogen) atoms. The molecule has 2 fully saturated rings. The lowest BCUT2D eigenvalue weighted by molar-refractivity contribution is -0.136. The Hall–Kier alpha value is -2.34. The summed E-state index contributed by atoms with van der Waals surface area (Å²) >= 11 is 0. The van der Waals surface area contributed by atoms with Crippen LogP contribution >= 0.6 is 0 Å². The van der Waals surface area contributed by atoms with E-state index in [9.17, 15) is 4.79 Å². The van der Waals surface area contributed by atoms with E-state index in [1.54, 1.807) is 0 Å². The van der Waals surface area contributed by atoms with Gasteiger partial charge in [0.25, 0.3) is 6.01 Å². The van der Waals surface area contributed by atoms with Gasteiger partial charge in [0, 0.05) is 38.8 Å². The molecule has 0 bridgehead atoms. The fourth-order valence-corrected chi connectivity index (χ4v) is 4.87. The lowest BCUT2D eigenvalue weighted by Gasteiger charge is -2.42. The van der Waals surface area contributed by atoms with Gasteiger partial charge < -0.3 is 14.2 Å². The van der Waals surface area contributed by atoms with Crippen molar-refractivity contribution in [3.63, 3.8) is 0 Å². The third kappa shape index (κ3) is 3.41. The molecule has 1 aromatic heterocycles. The molecule has 6 nitrogen and oxygen atoms in total. The molecule has 2 aromatic rings. The average molecular weight is 380 g/mol. The number of anilines is 1. The summed E-state index contributed by atoms with van der Waals surface area (Å²) in [6, 6.07) is 9.25. The van der Waals surface area contributed by atoms with E-state index in [1.807, 2.05) is 29.2 Å². The Morgan fingerprint density at radius 2 is 1.82 bits per heavy atom. The quantitative estimate of drug-likeness (QED) is 0.767. The van der Waals surface area contributed by atoms with Crippen molar-refractivity contribution in [1.82, 2.24) is 14.8 Å². The normalized spacial score (nSPS) is 24.4. The summed E-state index contributed by atoms with van der Waals surface area (Å²) in [5, 5.41) is 0. The van der Waals surface area contributed by atoms with Gasteiger partial charge in [-0.15, -0.1) is 0 Å². The highest BCUT2D eigenvalue weighted by atomic mass is 16.4. The standard InChI is InChI=1S/C22H28N4O2/c27-21(24-11-3-4-12-24)17-6-5-13-26(16-17)18-9-14-25(15-10-18)22-23-19-7-1-2-8-20(19)28-22/h1-4,7-8,17-18H,5-6,9-16H2. The van der Waals surface area contributed by atoms with Gasteiger partial charge in [-0.2, -0.15) is 4.98 Å². The van der Waals surface area contributed by atoms with Crippen molar-refractivity contribution in [3.8, 4) is 0 Å². The highest BCUT2D eigenvalue weighted by Gasteiger charge is 2.34. The smallest absolute Gasteiger partial charge is 0.298 e. The molecule has 3 aliphatic rings. The van der Waals surface area contributed by atoms with Gasteiger partial charge in [0.1, 0.15) is 5.52 Å². The Bertz CT molecular complexity index is 827. The van der Waals surface area contributed by atoms with E-state index in [4.69, 9.17) is 4.42 Å². The third-order valence-electron chi connectivity index (χ3n) is 6.47. The highest BCUT2D eigenvalue weighted by molar-refractivity contribution is 5.80. The van der Waals surface area contributed by atoms with Crippen LogP contribution in [0.5, 0.6) is 0 Å². The molecule has 1 unspecified atom stereocenters. The number of fused-ring (bicyclic) bond motifs is 1. The van der Waals surface area contributed by atoms with Crippen molar-refractivity contribution >= 4 is 23.0 Å². The topological polar surface area (TPSA) is 52.8 Å². The summed E-state index contributed by atoms with van der Waals surface area (Å²) in [6.07, 6.45) is 8.56. The number of piperidine rings is 2. The number of carbonyl (C=O) groups excluding carboxylic acids is 1. The number of benzene rings is 1. The first-order valence-corrected chi connectivity index (χ1v) is 10.6. The van der Waals surface area contributed by atoms with E-state index < -0.39 is 0 Å². The number of para-hydroxylation sites is 2. The SMILES string of the molecule is O=C(C1CCCN(C2CCN(c3nc4ccccc4o3)CC2)C1)N1CC=CC1. The maximum atomic E-state index is 12.8. The Balaban J connectivity index is 1.18. The second kappa shape index (κ2) is 7.59. The fourth-order valence-electron chi connectivity index (χ4n) is 4.87. The number of aromatic nitrogens is 1. The van der Waals surface area contributed by atoms with E-state index in [0.717, 1.165) is 82.1 Å². The monoisotopic (exact) mass is 380 g/mol. The van der Waals surface area contributed by atoms with Crippen LogP contribution in [-0.4, -0.2) is 66.0 Å². The van der Waals surface area contributed by atoms with Crippen molar-refractivity contribution in [2.45, 2.75) is 31.7 Å². The van der Waals surface area contributed by atoms with Gasteiger partial charge in [-0.25, -0.2) is 0 Å². The van der Waals surface area contributed by atoms with E-state index >= 15 is 0 Å². The summed E-state index contributed by atoms with van der Waals surface area (Å²) in [6.45, 7) is 5.54. The van der Waals surface area contributed by atoms with Crippen molar-refractivity contribution in [2.75, 3.05) is 44.2 Å². The second-order valence-corrected chi connectivity index (χ2v) is 8.23. The van der Waals surface area contributed by atoms with Crippen LogP contribution in [0, 0.1) is 5.92 Å². The van der Waals surface area contributed by atoms with E-state index in [1.165, 1.54) is 0 Å². The van der Waals surface area contributed by atoms with E-state index in [0.29, 0.717) is 11.9 Å². The van der Waals surface area contributed by atoms with Gasteiger partial charge in [0.2, 0.25) is 5.91 Å². The molecule has 0 N–H and O–H groups in total. The largest absolute Gasteiger partial charge is 0.423 e. The van der Waals surface area contributed by atoms with Crippen LogP contribution in [-0.2, 0) is 4.79 Å². The molecule has 0 radical (unpaired) electrons. The molecule has 1 aromatic carbocycles. The minimum Gasteiger partial charge on any atom is -0.423 e. The van der Waals surface area contributed by atoms with Gasteiger partial charge in [-0.05, 0) is 44.4 Å². The molecule has 1 atom stereocenters. The van der Waals surface area contributed by atoms with Crippen LogP contribution in [0.15, 0.2) is 40.8 Å². The van der Waals surface area contributed by atoms with E-state index in [-0.39, 0.29) is 5.92 Å². The van der Waals surface area contributed by atoms with Crippen molar-refractivity contribution < 1.29 is 9.21 Å². The number of amides is 1. The molecule has 148 valence electrons. The fraction of sp³-hybridized carbons (Fsp3) is 0.545. The molecule has 0 saturated carbocycles. The molecule has 4 heterocycles. The van der Waals surface area contributed by atoms with E-state index in [2.05, 4.69) is 26.9 Å². The molecule has 5 rings (SSSR count). The van der Waals surface area contributed by atoms with Crippen LogP contribution < -0.4 is 4.90 Å². The first-order valence-electron chi connectivity index (χ1n) is 10.6. The van der Waals surface area contributed by atoms with Gasteiger partial charge in [-0.3, -0.25) is 9.69 Å². The lowest BCUT2D eigenvalue weighted by Crippen LogP contribution is -2.51. The average Bonchev–Trinajstić information content (AvgIpc) is 3.43. The number of hydrogen-bond acceptors (Lipinski definition) is 5. The van der Waals surface area contributed by atoms with Crippen LogP contribution in [0.2, 0.25) is 0 Å². The van der Waals surface area contributed by atoms with Gasteiger partial charge in [0.15, 0.2) is 5.58 Å². The van der Waals surface area contributed by atoms with Crippen molar-refractivity contribution in [1.29, 1.82) is 0 Å². The van der Waals surface area contributed by atoms with Gasteiger partial charge in [0.05, 0.1) is 5.92 Å². The molecule has 0 spiro atoms. The first-order chi connectivity index (χ1) is 13.8. The van der Waals surface area contributed by atoms with Crippen LogP contribution in [0.1, 0.15) is 25.7 Å². The second-order valence-electron chi connectivity index (χ2n) is 8.23. The molecule has 0 aliphatic carbocycles. The predicted molar refractivity (Wildman–Crippen MR) is 109 cm³/mol. The predicted octanol–water partition coefficient (Wildman–Crippen LogP) is 2.91. The molecular weight excluding hydrogens is 352 g/mol. The van der Waals surface area contributed by atoms with Crippen LogP contribution in [0.25, 0.3) is 11.1 Å². The number of rotatable bonds is 3. The van der Waals surface area contributed by atoms with Crippen LogP contribution in [0.4, 0.5) is 6.01 Å². The Morgan fingerprint density at radius 3 is 2.61 bits per heavy atom. The maximum absolute atomic E-state index is 12.8. The van der Waals surface area contributed by atoms with Crippen molar-refractivity contribution in [2.24, 2.45) is 5.92 Å². The molecule has 2 saturated heterocycles. The zero-order chi connectivity index (χ0) is 18.9. The molecule has 1 amide bonds. The maximum Gasteiger partial charge on any atom is 0.298 e. The lowest BCUT2D eigenvalue weighted by atomic mass is 9.93. The summed E-state index contributed by atoms with van der Waals surface area (Å²) in [4.78, 5) is 24.2. The summed E-state index contributed by atoms with van der Waals surface area (Å²) < 4.78 is 5.94. The summed E-state index contributed by atoms with van der Waals surface area (Å²) in [5.74, 6) is 0.516. The number of carbonyl (C=O) groups is 1. The zero-order valence-electron chi connectivity index (χ0n) is 16.3. The minimum absolute atomic E-state index is 0.170. The summed E-state index contributed by atoms with van der Waals surface area (Å²) in [7, 11) is 0. The van der Waals surface area contributed by atoms with Crippen molar-refractivity contribution in [3.05, 3.63) is 36.4 Å². The Labute approximate surface area is 165 Å². The molecule has 6 heteroatoms. The molecule has 3 aliphatic heterocycles. The summed E-state index contributed by atoms with van der Waals surface area (Å²) in [5.41, 5.74) is 1.78. The Kier molecular flexibility index (Phi) is 4.81. The highest BCUT2D eigenvalue weighted by Crippen LogP contribution is 2.28. The van der Waals surface area contributed by atoms with Gasteiger partial charge >= 0.3 is 0 Å². The van der Waals surface area contributed by atoms with Crippen LogP contribution in [0.3, 0.4) is 0 Å². The number of likely N-dealkylation sites (tertiary alicyclic amines) is 1. The number of nitrogens with zero attached hydrogens (tertiary/aromatic N) is 4.